The second kappa shape index (κ2) is 8.51. The van der Waals surface area contributed by atoms with Crippen molar-refractivity contribution in [2.24, 2.45) is 0 Å². The normalized spacial score (nSPS) is 14.4. The van der Waals surface area contributed by atoms with E-state index in [1.54, 1.807) is 29.2 Å². The Bertz CT molecular complexity index is 1080. The molecule has 29 heavy (non-hydrogen) atoms. The molecule has 0 bridgehead atoms. The number of nitrogens with one attached hydrogen (secondary N) is 1. The first kappa shape index (κ1) is 19.2. The van der Waals surface area contributed by atoms with Crippen LogP contribution in [0.3, 0.4) is 0 Å². The zero-order valence-electron chi connectivity index (χ0n) is 15.6. The van der Waals surface area contributed by atoms with E-state index in [1.165, 1.54) is 6.08 Å². The number of benzene rings is 2. The van der Waals surface area contributed by atoms with E-state index in [9.17, 15) is 9.59 Å². The third kappa shape index (κ3) is 4.34. The van der Waals surface area contributed by atoms with Gasteiger partial charge in [0.25, 0.3) is 5.91 Å². The minimum Gasteiger partial charge on any atom is -0.449 e. The molecule has 0 unspecified atom stereocenters. The number of carbonyl (C=O) groups excluding carboxylic acids is 2. The van der Waals surface area contributed by atoms with Crippen LogP contribution in [-0.4, -0.2) is 43.0 Å². The van der Waals surface area contributed by atoms with E-state index >= 15 is 0 Å². The molecule has 0 aliphatic carbocycles. The molecule has 4 rings (SSSR count). The summed E-state index contributed by atoms with van der Waals surface area (Å²) in [5, 5.41) is 4.07. The molecule has 1 aliphatic heterocycles. The third-order valence-corrected chi connectivity index (χ3v) is 4.85. The molecule has 0 atom stereocenters. The SMILES string of the molecule is O=C(/C=C/c1cccc(Cl)c1)Nc1c(C(=O)N2CCOCC2)oc2ccccc12. The summed E-state index contributed by atoms with van der Waals surface area (Å²) in [5.74, 6) is -0.510. The van der Waals surface area contributed by atoms with Crippen LogP contribution in [0.5, 0.6) is 0 Å². The molecule has 6 nitrogen and oxygen atoms in total. The van der Waals surface area contributed by atoms with Crippen molar-refractivity contribution >= 4 is 46.1 Å². The summed E-state index contributed by atoms with van der Waals surface area (Å²) >= 11 is 5.97. The summed E-state index contributed by atoms with van der Waals surface area (Å²) in [7, 11) is 0. The van der Waals surface area contributed by atoms with Crippen LogP contribution >= 0.6 is 11.6 Å². The molecule has 148 valence electrons. The van der Waals surface area contributed by atoms with E-state index in [4.69, 9.17) is 20.8 Å². The number of nitrogens with zero attached hydrogens (tertiary/aromatic N) is 1. The zero-order chi connectivity index (χ0) is 20.2. The van der Waals surface area contributed by atoms with E-state index in [0.29, 0.717) is 48.0 Å². The van der Waals surface area contributed by atoms with Crippen molar-refractivity contribution in [1.29, 1.82) is 0 Å². The summed E-state index contributed by atoms with van der Waals surface area (Å²) in [5.41, 5.74) is 1.71. The second-order valence-corrected chi connectivity index (χ2v) is 7.02. The average molecular weight is 411 g/mol. The van der Waals surface area contributed by atoms with Gasteiger partial charge in [-0.1, -0.05) is 35.9 Å². The summed E-state index contributed by atoms with van der Waals surface area (Å²) in [6, 6.07) is 14.4. The molecule has 0 radical (unpaired) electrons. The number of carbonyl (C=O) groups is 2. The first-order valence-corrected chi connectivity index (χ1v) is 9.63. The van der Waals surface area contributed by atoms with E-state index in [0.717, 1.165) is 5.56 Å². The number of ether oxygens (including phenoxy) is 1. The Morgan fingerprint density at radius 1 is 1.07 bits per heavy atom. The second-order valence-electron chi connectivity index (χ2n) is 6.58. The lowest BCUT2D eigenvalue weighted by Gasteiger charge is -2.26. The molecular formula is C22H19ClN2O4. The van der Waals surface area contributed by atoms with Gasteiger partial charge in [-0.3, -0.25) is 9.59 Å². The minimum absolute atomic E-state index is 0.123. The maximum absolute atomic E-state index is 13.0. The van der Waals surface area contributed by atoms with Gasteiger partial charge in [-0.25, -0.2) is 0 Å². The van der Waals surface area contributed by atoms with E-state index in [1.807, 2.05) is 30.3 Å². The Morgan fingerprint density at radius 3 is 2.66 bits per heavy atom. The number of halogens is 1. The Hall–Kier alpha value is -3.09. The fourth-order valence-corrected chi connectivity index (χ4v) is 3.38. The maximum atomic E-state index is 13.0. The van der Waals surface area contributed by atoms with Gasteiger partial charge in [0.2, 0.25) is 11.7 Å². The van der Waals surface area contributed by atoms with E-state index < -0.39 is 0 Å². The van der Waals surface area contributed by atoms with Crippen molar-refractivity contribution in [1.82, 2.24) is 4.90 Å². The quantitative estimate of drug-likeness (QED) is 0.654. The van der Waals surface area contributed by atoms with Crippen LogP contribution in [0.25, 0.3) is 17.0 Å². The fourth-order valence-electron chi connectivity index (χ4n) is 3.18. The molecule has 3 aromatic rings. The molecule has 1 fully saturated rings. The molecule has 1 aromatic heterocycles. The minimum atomic E-state index is -0.368. The highest BCUT2D eigenvalue weighted by Gasteiger charge is 2.27. The van der Waals surface area contributed by atoms with Crippen molar-refractivity contribution in [3.8, 4) is 0 Å². The van der Waals surface area contributed by atoms with Crippen LogP contribution in [-0.2, 0) is 9.53 Å². The van der Waals surface area contributed by atoms with Crippen molar-refractivity contribution in [2.75, 3.05) is 31.6 Å². The smallest absolute Gasteiger partial charge is 0.291 e. The lowest BCUT2D eigenvalue weighted by molar-refractivity contribution is -0.111. The number of fused-ring (bicyclic) bond motifs is 1. The summed E-state index contributed by atoms with van der Waals surface area (Å²) in [6.07, 6.45) is 3.06. The third-order valence-electron chi connectivity index (χ3n) is 4.61. The lowest BCUT2D eigenvalue weighted by atomic mass is 10.2. The van der Waals surface area contributed by atoms with Crippen molar-refractivity contribution in [2.45, 2.75) is 0 Å². The summed E-state index contributed by atoms with van der Waals surface area (Å²) in [4.78, 5) is 27.2. The highest BCUT2D eigenvalue weighted by molar-refractivity contribution is 6.30. The predicted octanol–water partition coefficient (Wildman–Crippen LogP) is 4.21. The number of morpholine rings is 1. The number of para-hydroxylation sites is 1. The molecule has 1 saturated heterocycles. The first-order valence-electron chi connectivity index (χ1n) is 9.25. The Balaban J connectivity index is 1.61. The molecule has 1 N–H and O–H groups in total. The zero-order valence-corrected chi connectivity index (χ0v) is 16.3. The molecule has 2 heterocycles. The van der Waals surface area contributed by atoms with Gasteiger partial charge < -0.3 is 19.4 Å². The van der Waals surface area contributed by atoms with Gasteiger partial charge in [-0.15, -0.1) is 0 Å². The van der Waals surface area contributed by atoms with Crippen LogP contribution < -0.4 is 5.32 Å². The van der Waals surface area contributed by atoms with Gasteiger partial charge in [0.1, 0.15) is 11.3 Å². The van der Waals surface area contributed by atoms with Crippen LogP contribution in [0, 0.1) is 0 Å². The highest BCUT2D eigenvalue weighted by atomic mass is 35.5. The van der Waals surface area contributed by atoms with Crippen molar-refractivity contribution in [3.05, 3.63) is 71.0 Å². The highest BCUT2D eigenvalue weighted by Crippen LogP contribution is 2.32. The van der Waals surface area contributed by atoms with Crippen LogP contribution in [0.4, 0.5) is 5.69 Å². The Kier molecular flexibility index (Phi) is 5.64. The van der Waals surface area contributed by atoms with Crippen LogP contribution in [0.1, 0.15) is 16.1 Å². The van der Waals surface area contributed by atoms with E-state index in [2.05, 4.69) is 5.32 Å². The molecule has 0 spiro atoms. The molecular weight excluding hydrogens is 392 g/mol. The standard InChI is InChI=1S/C22H19ClN2O4/c23-16-5-3-4-15(14-16)8-9-19(26)24-20-17-6-1-2-7-18(17)29-21(20)22(27)25-10-12-28-13-11-25/h1-9,14H,10-13H2,(H,24,26)/b9-8+. The largest absolute Gasteiger partial charge is 0.449 e. The molecule has 0 saturated carbocycles. The van der Waals surface area contributed by atoms with Gasteiger partial charge in [0.15, 0.2) is 0 Å². The number of hydrogen-bond acceptors (Lipinski definition) is 4. The molecule has 2 aromatic carbocycles. The Labute approximate surface area is 172 Å². The Morgan fingerprint density at radius 2 is 1.86 bits per heavy atom. The van der Waals surface area contributed by atoms with Crippen LogP contribution in [0.2, 0.25) is 5.02 Å². The van der Waals surface area contributed by atoms with Crippen molar-refractivity contribution in [3.63, 3.8) is 0 Å². The topological polar surface area (TPSA) is 71.8 Å². The van der Waals surface area contributed by atoms with Gasteiger partial charge >= 0.3 is 0 Å². The maximum Gasteiger partial charge on any atom is 0.291 e. The summed E-state index contributed by atoms with van der Waals surface area (Å²) < 4.78 is 11.1. The monoisotopic (exact) mass is 410 g/mol. The lowest BCUT2D eigenvalue weighted by Crippen LogP contribution is -2.40. The number of anilines is 1. The van der Waals surface area contributed by atoms with Crippen LogP contribution in [0.15, 0.2) is 59.0 Å². The number of hydrogen-bond donors (Lipinski definition) is 1. The number of furan rings is 1. The van der Waals surface area contributed by atoms with Gasteiger partial charge in [-0.05, 0) is 35.9 Å². The average Bonchev–Trinajstić information content (AvgIpc) is 3.11. The number of amides is 2. The predicted molar refractivity (Wildman–Crippen MR) is 112 cm³/mol. The van der Waals surface area contributed by atoms with Crippen molar-refractivity contribution < 1.29 is 18.7 Å². The van der Waals surface area contributed by atoms with E-state index in [-0.39, 0.29) is 17.6 Å². The first-order chi connectivity index (χ1) is 14.1. The van der Waals surface area contributed by atoms with Gasteiger partial charge in [0, 0.05) is 29.6 Å². The molecule has 7 heteroatoms. The fraction of sp³-hybridized carbons (Fsp3) is 0.182. The van der Waals surface area contributed by atoms with Gasteiger partial charge in [0.05, 0.1) is 13.2 Å². The molecule has 2 amide bonds. The summed E-state index contributed by atoms with van der Waals surface area (Å²) in [6.45, 7) is 1.93. The van der Waals surface area contributed by atoms with Gasteiger partial charge in [-0.2, -0.15) is 0 Å². The molecule has 1 aliphatic rings. The number of rotatable bonds is 4.